The summed E-state index contributed by atoms with van der Waals surface area (Å²) in [5.74, 6) is -1.39. The zero-order chi connectivity index (χ0) is 12.6. The van der Waals surface area contributed by atoms with E-state index in [9.17, 15) is 19.2 Å². The van der Waals surface area contributed by atoms with Crippen molar-refractivity contribution in [3.63, 3.8) is 0 Å². The number of aliphatic carboxylic acids is 1. The predicted molar refractivity (Wildman–Crippen MR) is 60.2 cm³/mol. The minimum absolute atomic E-state index is 0.283. The summed E-state index contributed by atoms with van der Waals surface area (Å²) in [4.78, 5) is 43.1. The van der Waals surface area contributed by atoms with Crippen LogP contribution in [0.4, 0.5) is 0 Å². The predicted octanol–water partition coefficient (Wildman–Crippen LogP) is -0.250. The van der Waals surface area contributed by atoms with Gasteiger partial charge in [-0.15, -0.1) is 0 Å². The van der Waals surface area contributed by atoms with Crippen molar-refractivity contribution in [1.29, 1.82) is 0 Å². The van der Waals surface area contributed by atoms with E-state index in [4.69, 9.17) is 5.11 Å². The Morgan fingerprint density at radius 3 is 2.19 bits per heavy atom. The van der Waals surface area contributed by atoms with Gasteiger partial charge < -0.3 is 14.7 Å². The molecule has 0 unspecified atom stereocenters. The third-order valence-corrected chi connectivity index (χ3v) is 4.93. The molecule has 16 heavy (non-hydrogen) atoms. The summed E-state index contributed by atoms with van der Waals surface area (Å²) >= 11 is 0. The van der Waals surface area contributed by atoms with E-state index in [1.54, 1.807) is 0 Å². The van der Waals surface area contributed by atoms with E-state index in [1.165, 1.54) is 0 Å². The van der Waals surface area contributed by atoms with Gasteiger partial charge in [0.2, 0.25) is 0 Å². The van der Waals surface area contributed by atoms with E-state index in [-0.39, 0.29) is 6.29 Å². The van der Waals surface area contributed by atoms with E-state index >= 15 is 0 Å². The Bertz CT molecular complexity index is 313. The Morgan fingerprint density at radius 2 is 1.88 bits per heavy atom. The fourth-order valence-corrected chi connectivity index (χ4v) is 3.08. The second-order valence-electron chi connectivity index (χ2n) is 3.40. The quantitative estimate of drug-likeness (QED) is 0.274. The molecule has 6 heteroatoms. The molecule has 0 atom stereocenters. The highest BCUT2D eigenvalue weighted by molar-refractivity contribution is 6.54. The lowest BCUT2D eigenvalue weighted by molar-refractivity contribution is -0.135. The minimum Gasteiger partial charge on any atom is -0.478 e. The second-order valence-corrected chi connectivity index (χ2v) is 5.78. The van der Waals surface area contributed by atoms with Crippen LogP contribution in [0.25, 0.3) is 0 Å². The Balaban J connectivity index is 5.35. The van der Waals surface area contributed by atoms with Crippen LogP contribution in [0.15, 0.2) is 11.6 Å². The molecule has 0 rings (SSSR count). The minimum atomic E-state index is -1.57. The Labute approximate surface area is 95.3 Å². The molecule has 0 heterocycles. The van der Waals surface area contributed by atoms with Gasteiger partial charge >= 0.3 is 5.97 Å². The molecule has 1 N–H and O–H groups in total. The van der Waals surface area contributed by atoms with Crippen LogP contribution >= 0.6 is 0 Å². The highest BCUT2D eigenvalue weighted by Gasteiger charge is 2.37. The van der Waals surface area contributed by atoms with Crippen molar-refractivity contribution in [2.75, 3.05) is 0 Å². The van der Waals surface area contributed by atoms with Gasteiger partial charge in [0.15, 0.2) is 0 Å². The normalized spacial score (nSPS) is 12.7. The van der Waals surface area contributed by atoms with E-state index < -0.39 is 26.1 Å². The van der Waals surface area contributed by atoms with Crippen molar-refractivity contribution in [3.8, 4) is 0 Å². The number of rotatable bonds is 8. The van der Waals surface area contributed by atoms with Crippen LogP contribution < -0.4 is 0 Å². The number of carboxylic acid groups (broad SMARTS) is 1. The van der Waals surface area contributed by atoms with Gasteiger partial charge in [-0.3, -0.25) is 4.79 Å². The third kappa shape index (κ3) is 3.23. The number of carbonyl (C=O) groups is 4. The largest absolute Gasteiger partial charge is 0.478 e. The molecule has 0 aliphatic rings. The SMILES string of the molecule is CCC[SiH2]C(C=O)(C=O)C(=CC=O)C(=O)O. The first-order chi connectivity index (χ1) is 7.57. The first kappa shape index (κ1) is 14.4. The van der Waals surface area contributed by atoms with Gasteiger partial charge in [0.25, 0.3) is 0 Å². The van der Waals surface area contributed by atoms with Crippen LogP contribution in [0.2, 0.25) is 11.1 Å². The first-order valence-electron chi connectivity index (χ1n) is 4.89. The monoisotopic (exact) mass is 242 g/mol. The maximum absolute atomic E-state index is 11.0. The van der Waals surface area contributed by atoms with Gasteiger partial charge in [-0.1, -0.05) is 19.4 Å². The highest BCUT2D eigenvalue weighted by atomic mass is 28.2. The summed E-state index contributed by atoms with van der Waals surface area (Å²) in [5.41, 5.74) is -0.410. The molecule has 0 aliphatic heterocycles. The van der Waals surface area contributed by atoms with Crippen molar-refractivity contribution in [2.24, 2.45) is 0 Å². The molecule has 0 aromatic heterocycles. The van der Waals surface area contributed by atoms with Crippen molar-refractivity contribution in [1.82, 2.24) is 0 Å². The lowest BCUT2D eigenvalue weighted by atomic mass is 10.0. The van der Waals surface area contributed by atoms with E-state index in [0.29, 0.717) is 18.6 Å². The van der Waals surface area contributed by atoms with Crippen LogP contribution in [0.1, 0.15) is 13.3 Å². The van der Waals surface area contributed by atoms with Crippen molar-refractivity contribution in [3.05, 3.63) is 11.6 Å². The van der Waals surface area contributed by atoms with E-state index in [0.717, 1.165) is 12.5 Å². The maximum Gasteiger partial charge on any atom is 0.332 e. The lowest BCUT2D eigenvalue weighted by Crippen LogP contribution is -2.30. The van der Waals surface area contributed by atoms with Crippen molar-refractivity contribution < 1.29 is 24.3 Å². The molecular formula is C10H14O5Si. The van der Waals surface area contributed by atoms with Crippen LogP contribution in [-0.4, -0.2) is 39.5 Å². The van der Waals surface area contributed by atoms with Crippen LogP contribution in [0.3, 0.4) is 0 Å². The van der Waals surface area contributed by atoms with Crippen molar-refractivity contribution in [2.45, 2.75) is 24.4 Å². The molecule has 0 aromatic rings. The number of hydrogen-bond donors (Lipinski definition) is 1. The summed E-state index contributed by atoms with van der Waals surface area (Å²) in [7, 11) is -1.24. The molecule has 88 valence electrons. The van der Waals surface area contributed by atoms with Gasteiger partial charge in [0, 0.05) is 0 Å². The van der Waals surface area contributed by atoms with Crippen molar-refractivity contribution >= 4 is 34.3 Å². The number of hydrogen-bond acceptors (Lipinski definition) is 4. The second kappa shape index (κ2) is 6.84. The van der Waals surface area contributed by atoms with E-state index in [2.05, 4.69) is 0 Å². The smallest absolute Gasteiger partial charge is 0.332 e. The van der Waals surface area contributed by atoms with Gasteiger partial charge in [0.1, 0.15) is 18.9 Å². The number of aldehydes is 3. The number of carbonyl (C=O) groups excluding carboxylic acids is 3. The summed E-state index contributed by atoms with van der Waals surface area (Å²) < 4.78 is 0. The highest BCUT2D eigenvalue weighted by Crippen LogP contribution is 2.30. The van der Waals surface area contributed by atoms with Gasteiger partial charge in [-0.25, -0.2) is 4.79 Å². The topological polar surface area (TPSA) is 88.5 Å². The molecule has 0 aromatic carbocycles. The molecule has 0 fully saturated rings. The van der Waals surface area contributed by atoms with Gasteiger partial charge in [0.05, 0.1) is 20.1 Å². The number of carboxylic acids is 1. The fraction of sp³-hybridized carbons (Fsp3) is 0.400. The van der Waals surface area contributed by atoms with Crippen LogP contribution in [0, 0.1) is 0 Å². The Hall–Kier alpha value is -1.56. The van der Waals surface area contributed by atoms with Gasteiger partial charge in [-0.05, 0) is 6.08 Å². The lowest BCUT2D eigenvalue weighted by Gasteiger charge is -2.20. The summed E-state index contributed by atoms with van der Waals surface area (Å²) in [6.07, 6.45) is 2.56. The Morgan fingerprint density at radius 1 is 1.31 bits per heavy atom. The maximum atomic E-state index is 11.0. The molecule has 0 saturated heterocycles. The zero-order valence-electron chi connectivity index (χ0n) is 9.01. The fourth-order valence-electron chi connectivity index (χ4n) is 1.37. The summed E-state index contributed by atoms with van der Waals surface area (Å²) in [6.45, 7) is 1.89. The third-order valence-electron chi connectivity index (χ3n) is 2.33. The average Bonchev–Trinajstić information content (AvgIpc) is 2.29. The Kier molecular flexibility index (Phi) is 6.17. The van der Waals surface area contributed by atoms with Crippen LogP contribution in [0.5, 0.6) is 0 Å². The standard InChI is InChI=1S/C10H14O5Si/c1-2-5-16-10(6-12,7-13)8(3-4-11)9(14)15/h3-4,6-7H,2,5,16H2,1H3,(H,14,15). The molecule has 0 spiro atoms. The molecule has 5 nitrogen and oxygen atoms in total. The molecule has 0 amide bonds. The zero-order valence-corrected chi connectivity index (χ0v) is 10.4. The van der Waals surface area contributed by atoms with E-state index in [1.807, 2.05) is 6.92 Å². The molecular weight excluding hydrogens is 228 g/mol. The summed E-state index contributed by atoms with van der Waals surface area (Å²) in [5, 5.41) is 7.31. The first-order valence-corrected chi connectivity index (χ1v) is 6.60. The van der Waals surface area contributed by atoms with Gasteiger partial charge in [-0.2, -0.15) is 0 Å². The molecule has 0 radical (unpaired) electrons. The molecule has 0 aliphatic carbocycles. The average molecular weight is 242 g/mol. The number of allylic oxidation sites excluding steroid dienone is 1. The molecule has 0 saturated carbocycles. The molecule has 0 bridgehead atoms. The summed E-state index contributed by atoms with van der Waals surface area (Å²) in [6, 6.07) is 0.668. The van der Waals surface area contributed by atoms with Crippen LogP contribution in [-0.2, 0) is 19.2 Å².